The summed E-state index contributed by atoms with van der Waals surface area (Å²) in [5.74, 6) is 1.08. The molecule has 7 heteroatoms. The Bertz CT molecular complexity index is 597. The van der Waals surface area contributed by atoms with Crippen LogP contribution < -0.4 is 10.1 Å². The summed E-state index contributed by atoms with van der Waals surface area (Å²) in [5, 5.41) is 14.9. The number of amides is 1. The number of nitrogens with zero attached hydrogens (tertiary/aromatic N) is 4. The van der Waals surface area contributed by atoms with Crippen LogP contribution >= 0.6 is 0 Å². The monoisotopic (exact) mass is 289 g/mol. The molecule has 21 heavy (non-hydrogen) atoms. The largest absolute Gasteiger partial charge is 0.497 e. The van der Waals surface area contributed by atoms with Crippen molar-refractivity contribution < 1.29 is 9.53 Å². The molecule has 0 atom stereocenters. The molecule has 0 radical (unpaired) electrons. The Morgan fingerprint density at radius 1 is 1.43 bits per heavy atom. The molecule has 0 aliphatic heterocycles. The smallest absolute Gasteiger partial charge is 0.243 e. The van der Waals surface area contributed by atoms with Crippen LogP contribution in [0, 0.1) is 0 Å². The lowest BCUT2D eigenvalue weighted by atomic mass is 10.2. The van der Waals surface area contributed by atoms with E-state index in [2.05, 4.69) is 27.7 Å². The van der Waals surface area contributed by atoms with E-state index in [4.69, 9.17) is 4.74 Å². The first-order chi connectivity index (χ1) is 10.2. The minimum absolute atomic E-state index is 0.0701. The van der Waals surface area contributed by atoms with Crippen molar-refractivity contribution in [3.63, 3.8) is 0 Å². The third-order valence-electron chi connectivity index (χ3n) is 2.92. The van der Waals surface area contributed by atoms with Crippen molar-refractivity contribution in [1.29, 1.82) is 0 Å². The number of methoxy groups -OCH3 is 1. The van der Waals surface area contributed by atoms with Gasteiger partial charge < -0.3 is 10.1 Å². The van der Waals surface area contributed by atoms with Gasteiger partial charge in [0.15, 0.2) is 0 Å². The van der Waals surface area contributed by atoms with Gasteiger partial charge in [0.25, 0.3) is 0 Å². The first kappa shape index (κ1) is 15.0. The summed E-state index contributed by atoms with van der Waals surface area (Å²) in [6, 6.07) is 7.38. The highest BCUT2D eigenvalue weighted by molar-refractivity contribution is 5.75. The maximum atomic E-state index is 11.7. The first-order valence-corrected chi connectivity index (χ1v) is 6.92. The number of carbonyl (C=O) groups excluding carboxylic acids is 1. The summed E-state index contributed by atoms with van der Waals surface area (Å²) in [5.41, 5.74) is 0.798. The highest BCUT2D eigenvalue weighted by atomic mass is 16.5. The molecule has 1 aromatic carbocycles. The third-order valence-corrected chi connectivity index (χ3v) is 2.92. The molecule has 1 aromatic heterocycles. The molecule has 0 bridgehead atoms. The number of tetrazole rings is 1. The van der Waals surface area contributed by atoms with Gasteiger partial charge in [-0.25, -0.2) is 0 Å². The van der Waals surface area contributed by atoms with Crippen LogP contribution in [0.3, 0.4) is 0 Å². The number of hydrogen-bond acceptors (Lipinski definition) is 5. The van der Waals surface area contributed by atoms with Crippen molar-refractivity contribution in [2.75, 3.05) is 13.7 Å². The van der Waals surface area contributed by atoms with Gasteiger partial charge >= 0.3 is 0 Å². The number of unbranched alkanes of at least 4 members (excludes halogenated alkanes) is 1. The Labute approximate surface area is 123 Å². The molecule has 1 amide bonds. The zero-order valence-electron chi connectivity index (χ0n) is 12.2. The van der Waals surface area contributed by atoms with E-state index in [-0.39, 0.29) is 12.5 Å². The van der Waals surface area contributed by atoms with E-state index in [1.54, 1.807) is 7.11 Å². The zero-order valence-corrected chi connectivity index (χ0v) is 12.2. The first-order valence-electron chi connectivity index (χ1n) is 6.92. The number of hydrogen-bond donors (Lipinski definition) is 1. The van der Waals surface area contributed by atoms with E-state index in [0.717, 1.165) is 24.2 Å². The molecule has 0 saturated carbocycles. The molecule has 1 N–H and O–H groups in total. The van der Waals surface area contributed by atoms with Gasteiger partial charge in [0.2, 0.25) is 11.7 Å². The van der Waals surface area contributed by atoms with E-state index in [0.29, 0.717) is 12.4 Å². The SMILES string of the molecule is CCCCNC(=O)Cn1nnc(-c2cccc(OC)c2)n1. The zero-order chi connectivity index (χ0) is 15.1. The average molecular weight is 289 g/mol. The van der Waals surface area contributed by atoms with Crippen LogP contribution in [-0.4, -0.2) is 39.8 Å². The second-order valence-electron chi connectivity index (χ2n) is 4.58. The number of nitrogens with one attached hydrogen (secondary N) is 1. The Kier molecular flexibility index (Phi) is 5.25. The fourth-order valence-corrected chi connectivity index (χ4v) is 1.78. The Morgan fingerprint density at radius 2 is 2.29 bits per heavy atom. The van der Waals surface area contributed by atoms with Gasteiger partial charge in [0, 0.05) is 12.1 Å². The van der Waals surface area contributed by atoms with Crippen molar-refractivity contribution in [2.24, 2.45) is 0 Å². The molecule has 1 heterocycles. The van der Waals surface area contributed by atoms with E-state index < -0.39 is 0 Å². The second-order valence-corrected chi connectivity index (χ2v) is 4.58. The van der Waals surface area contributed by atoms with Crippen molar-refractivity contribution in [1.82, 2.24) is 25.5 Å². The van der Waals surface area contributed by atoms with Crippen LogP contribution in [0.2, 0.25) is 0 Å². The van der Waals surface area contributed by atoms with Gasteiger partial charge in [-0.1, -0.05) is 25.5 Å². The van der Waals surface area contributed by atoms with Crippen LogP contribution in [0.15, 0.2) is 24.3 Å². The lowest BCUT2D eigenvalue weighted by Crippen LogP contribution is -2.29. The molecule has 0 saturated heterocycles. The number of rotatable bonds is 7. The van der Waals surface area contributed by atoms with Crippen molar-refractivity contribution in [3.05, 3.63) is 24.3 Å². The second kappa shape index (κ2) is 7.37. The van der Waals surface area contributed by atoms with E-state index in [1.807, 2.05) is 24.3 Å². The van der Waals surface area contributed by atoms with E-state index in [9.17, 15) is 4.79 Å². The molecule has 7 nitrogen and oxygen atoms in total. The fraction of sp³-hybridized carbons (Fsp3) is 0.429. The molecule has 0 aliphatic rings. The highest BCUT2D eigenvalue weighted by Gasteiger charge is 2.09. The number of aromatic nitrogens is 4. The minimum atomic E-state index is -0.113. The standard InChI is InChI=1S/C14H19N5O2/c1-3-4-8-15-13(20)10-19-17-14(16-18-19)11-6-5-7-12(9-11)21-2/h5-7,9H,3-4,8,10H2,1-2H3,(H,15,20). The van der Waals surface area contributed by atoms with Gasteiger partial charge in [-0.05, 0) is 23.8 Å². The summed E-state index contributed by atoms with van der Waals surface area (Å²) >= 11 is 0. The normalized spacial score (nSPS) is 10.4. The lowest BCUT2D eigenvalue weighted by Gasteiger charge is -2.02. The highest BCUT2D eigenvalue weighted by Crippen LogP contribution is 2.19. The van der Waals surface area contributed by atoms with Gasteiger partial charge in [0.1, 0.15) is 12.3 Å². The quantitative estimate of drug-likeness (QED) is 0.776. The molecule has 112 valence electrons. The van der Waals surface area contributed by atoms with Crippen LogP contribution in [0.25, 0.3) is 11.4 Å². The van der Waals surface area contributed by atoms with Crippen molar-refractivity contribution in [3.8, 4) is 17.1 Å². The maximum Gasteiger partial charge on any atom is 0.243 e. The van der Waals surface area contributed by atoms with E-state index >= 15 is 0 Å². The van der Waals surface area contributed by atoms with Crippen LogP contribution in [0.5, 0.6) is 5.75 Å². The molecular formula is C14H19N5O2. The topological polar surface area (TPSA) is 81.9 Å². The Morgan fingerprint density at radius 3 is 3.05 bits per heavy atom. The minimum Gasteiger partial charge on any atom is -0.497 e. The molecule has 0 spiro atoms. The van der Waals surface area contributed by atoms with Crippen molar-refractivity contribution in [2.45, 2.75) is 26.3 Å². The maximum absolute atomic E-state index is 11.7. The van der Waals surface area contributed by atoms with Gasteiger partial charge in [-0.3, -0.25) is 4.79 Å². The van der Waals surface area contributed by atoms with E-state index in [1.165, 1.54) is 4.80 Å². The summed E-state index contributed by atoms with van der Waals surface area (Å²) in [7, 11) is 1.60. The summed E-state index contributed by atoms with van der Waals surface area (Å²) < 4.78 is 5.16. The molecular weight excluding hydrogens is 270 g/mol. The van der Waals surface area contributed by atoms with Crippen LogP contribution in [0.1, 0.15) is 19.8 Å². The number of ether oxygens (including phenoxy) is 1. The van der Waals surface area contributed by atoms with Gasteiger partial charge in [0.05, 0.1) is 7.11 Å². The molecule has 0 unspecified atom stereocenters. The summed E-state index contributed by atoms with van der Waals surface area (Å²) in [6.07, 6.45) is 2.01. The molecule has 2 aromatic rings. The summed E-state index contributed by atoms with van der Waals surface area (Å²) in [4.78, 5) is 13.0. The number of carbonyl (C=O) groups is 1. The van der Waals surface area contributed by atoms with Crippen LogP contribution in [0.4, 0.5) is 0 Å². The number of benzene rings is 1. The molecule has 0 aliphatic carbocycles. The van der Waals surface area contributed by atoms with Crippen molar-refractivity contribution >= 4 is 5.91 Å². The predicted octanol–water partition coefficient (Wildman–Crippen LogP) is 1.26. The van der Waals surface area contributed by atoms with Gasteiger partial charge in [-0.2, -0.15) is 4.80 Å². The molecule has 0 fully saturated rings. The fourth-order valence-electron chi connectivity index (χ4n) is 1.78. The predicted molar refractivity (Wildman–Crippen MR) is 77.7 cm³/mol. The summed E-state index contributed by atoms with van der Waals surface area (Å²) in [6.45, 7) is 2.82. The Balaban J connectivity index is 1.99. The Hall–Kier alpha value is -2.44. The lowest BCUT2D eigenvalue weighted by molar-refractivity contribution is -0.122. The molecule has 2 rings (SSSR count). The van der Waals surface area contributed by atoms with Crippen LogP contribution in [-0.2, 0) is 11.3 Å². The third kappa shape index (κ3) is 4.27. The average Bonchev–Trinajstić information content (AvgIpc) is 2.96. The van der Waals surface area contributed by atoms with Gasteiger partial charge in [-0.15, -0.1) is 10.2 Å².